The van der Waals surface area contributed by atoms with Crippen LogP contribution >= 0.6 is 0 Å². The van der Waals surface area contributed by atoms with Gasteiger partial charge in [-0.1, -0.05) is 12.1 Å². The Balaban J connectivity index is 1.21. The summed E-state index contributed by atoms with van der Waals surface area (Å²) in [5.74, 6) is 0.905. The molecular weight excluding hydrogens is 406 g/mol. The van der Waals surface area contributed by atoms with Crippen molar-refractivity contribution in [1.82, 2.24) is 4.90 Å². The Bertz CT molecular complexity index is 736. The number of aliphatic hydroxyl groups is 1. The van der Waals surface area contributed by atoms with E-state index in [0.717, 1.165) is 62.7 Å². The highest BCUT2D eigenvalue weighted by Crippen LogP contribution is 2.39. The Morgan fingerprint density at radius 2 is 1.53 bits per heavy atom. The van der Waals surface area contributed by atoms with Crippen LogP contribution in [0.15, 0.2) is 24.3 Å². The van der Waals surface area contributed by atoms with Gasteiger partial charge in [-0.2, -0.15) is 0 Å². The van der Waals surface area contributed by atoms with Gasteiger partial charge in [-0.3, -0.25) is 0 Å². The molecule has 1 aromatic rings. The van der Waals surface area contributed by atoms with E-state index in [2.05, 4.69) is 0 Å². The molecule has 178 valence electrons. The summed E-state index contributed by atoms with van der Waals surface area (Å²) in [4.78, 5) is 14.6. The molecule has 2 saturated heterocycles. The molecule has 2 heterocycles. The molecule has 2 aliphatic heterocycles. The Labute approximate surface area is 192 Å². The van der Waals surface area contributed by atoms with Gasteiger partial charge in [-0.15, -0.1) is 0 Å². The molecule has 0 aromatic heterocycles. The second-order valence-electron chi connectivity index (χ2n) is 10.6. The van der Waals surface area contributed by atoms with Crippen molar-refractivity contribution in [3.8, 4) is 5.75 Å². The number of amides is 1. The predicted octanol–water partition coefficient (Wildman–Crippen LogP) is 4.86. The van der Waals surface area contributed by atoms with Crippen molar-refractivity contribution in [2.24, 2.45) is 0 Å². The summed E-state index contributed by atoms with van der Waals surface area (Å²) in [6, 6.07) is 8.56. The Kier molecular flexibility index (Phi) is 7.30. The number of aliphatic hydroxyl groups excluding tert-OH is 1. The van der Waals surface area contributed by atoms with Crippen LogP contribution in [0.25, 0.3) is 0 Å². The van der Waals surface area contributed by atoms with Gasteiger partial charge in [0.15, 0.2) is 0 Å². The number of piperidine rings is 1. The first-order valence-electron chi connectivity index (χ1n) is 12.3. The third-order valence-corrected chi connectivity index (χ3v) is 6.93. The number of benzene rings is 1. The van der Waals surface area contributed by atoms with Crippen LogP contribution in [0, 0.1) is 0 Å². The minimum Gasteiger partial charge on any atom is -0.490 e. The molecule has 6 nitrogen and oxygen atoms in total. The number of carbonyl (C=O) groups excluding carboxylic acids is 1. The summed E-state index contributed by atoms with van der Waals surface area (Å²) < 4.78 is 18.3. The van der Waals surface area contributed by atoms with Crippen molar-refractivity contribution < 1.29 is 24.1 Å². The van der Waals surface area contributed by atoms with Crippen LogP contribution in [-0.2, 0) is 15.9 Å². The molecule has 1 amide bonds. The van der Waals surface area contributed by atoms with Gasteiger partial charge in [-0.25, -0.2) is 4.79 Å². The number of nitrogens with zero attached hydrogens (tertiary/aromatic N) is 1. The van der Waals surface area contributed by atoms with Crippen LogP contribution in [0.1, 0.15) is 77.7 Å². The fourth-order valence-corrected chi connectivity index (χ4v) is 5.47. The molecule has 3 fully saturated rings. The first-order chi connectivity index (χ1) is 15.3. The van der Waals surface area contributed by atoms with Crippen molar-refractivity contribution in [3.63, 3.8) is 0 Å². The predicted molar refractivity (Wildman–Crippen MR) is 123 cm³/mol. The molecule has 1 aromatic carbocycles. The monoisotopic (exact) mass is 445 g/mol. The smallest absolute Gasteiger partial charge is 0.410 e. The van der Waals surface area contributed by atoms with Crippen LogP contribution in [0.5, 0.6) is 5.75 Å². The highest BCUT2D eigenvalue weighted by Gasteiger charge is 2.45. The van der Waals surface area contributed by atoms with Crippen molar-refractivity contribution in [2.45, 2.75) is 115 Å². The lowest BCUT2D eigenvalue weighted by atomic mass is 9.93. The fourth-order valence-electron chi connectivity index (χ4n) is 5.47. The van der Waals surface area contributed by atoms with E-state index in [4.69, 9.17) is 19.3 Å². The van der Waals surface area contributed by atoms with Gasteiger partial charge in [0, 0.05) is 18.7 Å². The zero-order chi connectivity index (χ0) is 22.7. The molecule has 0 unspecified atom stereocenters. The van der Waals surface area contributed by atoms with E-state index in [-0.39, 0.29) is 37.0 Å². The zero-order valence-electron chi connectivity index (χ0n) is 19.8. The number of carbonyl (C=O) groups is 1. The summed E-state index contributed by atoms with van der Waals surface area (Å²) in [7, 11) is 0. The molecule has 2 bridgehead atoms. The normalized spacial score (nSPS) is 30.2. The third-order valence-electron chi connectivity index (χ3n) is 6.93. The van der Waals surface area contributed by atoms with Crippen LogP contribution in [0.3, 0.4) is 0 Å². The minimum absolute atomic E-state index is 0.162. The molecule has 0 spiro atoms. The summed E-state index contributed by atoms with van der Waals surface area (Å²) in [5.41, 5.74) is 0.676. The first kappa shape index (κ1) is 23.4. The van der Waals surface area contributed by atoms with E-state index in [9.17, 15) is 4.79 Å². The third kappa shape index (κ3) is 5.96. The highest BCUT2D eigenvalue weighted by atomic mass is 16.6. The summed E-state index contributed by atoms with van der Waals surface area (Å²) in [5, 5.41) is 9.04. The van der Waals surface area contributed by atoms with Gasteiger partial charge in [-0.05, 0) is 96.3 Å². The standard InChI is InChI=1S/C26H39NO5/c1-26(2,3)32-25(29)27-19-6-7-20(27)17-24(16-19)31-23-12-10-22(11-13-23)30-21-8-4-18(5-9-21)14-15-28/h4-5,8-9,19-20,22-24,28H,6-7,10-17H2,1-3H3/t19-,20-,22?,23?/m0/s1. The summed E-state index contributed by atoms with van der Waals surface area (Å²) >= 11 is 0. The van der Waals surface area contributed by atoms with Gasteiger partial charge in [0.1, 0.15) is 11.4 Å². The van der Waals surface area contributed by atoms with Crippen molar-refractivity contribution in [3.05, 3.63) is 29.8 Å². The van der Waals surface area contributed by atoms with Crippen molar-refractivity contribution >= 4 is 6.09 Å². The summed E-state index contributed by atoms with van der Waals surface area (Å²) in [6.45, 7) is 5.95. The van der Waals surface area contributed by atoms with Crippen molar-refractivity contribution in [2.75, 3.05) is 6.61 Å². The molecule has 1 aliphatic carbocycles. The van der Waals surface area contributed by atoms with E-state index in [0.29, 0.717) is 12.5 Å². The largest absolute Gasteiger partial charge is 0.490 e. The van der Waals surface area contributed by atoms with E-state index in [1.165, 1.54) is 0 Å². The van der Waals surface area contributed by atoms with Gasteiger partial charge < -0.3 is 24.2 Å². The second-order valence-corrected chi connectivity index (χ2v) is 10.6. The molecule has 2 atom stereocenters. The van der Waals surface area contributed by atoms with Gasteiger partial charge in [0.05, 0.1) is 18.3 Å². The van der Waals surface area contributed by atoms with Crippen LogP contribution < -0.4 is 4.74 Å². The average Bonchev–Trinajstić information content (AvgIpc) is 3.01. The van der Waals surface area contributed by atoms with E-state index < -0.39 is 5.60 Å². The van der Waals surface area contributed by atoms with Crippen LogP contribution in [0.2, 0.25) is 0 Å². The lowest BCUT2D eigenvalue weighted by Crippen LogP contribution is -2.50. The minimum atomic E-state index is -0.452. The van der Waals surface area contributed by atoms with E-state index in [1.54, 1.807) is 0 Å². The first-order valence-corrected chi connectivity index (χ1v) is 12.3. The molecule has 4 rings (SSSR count). The molecule has 1 saturated carbocycles. The van der Waals surface area contributed by atoms with Gasteiger partial charge in [0.25, 0.3) is 0 Å². The second kappa shape index (κ2) is 10.0. The zero-order valence-corrected chi connectivity index (χ0v) is 19.8. The van der Waals surface area contributed by atoms with Crippen LogP contribution in [0.4, 0.5) is 4.79 Å². The SMILES string of the molecule is CC(C)(C)OC(=O)N1[C@H]2CC[C@H]1CC(OC1CCC(Oc3ccc(CCO)cc3)CC1)C2. The van der Waals surface area contributed by atoms with Crippen LogP contribution in [-0.4, -0.2) is 58.7 Å². The lowest BCUT2D eigenvalue weighted by Gasteiger charge is -2.41. The Morgan fingerprint density at radius 1 is 0.938 bits per heavy atom. The average molecular weight is 446 g/mol. The maximum Gasteiger partial charge on any atom is 0.410 e. The topological polar surface area (TPSA) is 68.2 Å². The lowest BCUT2D eigenvalue weighted by molar-refractivity contribution is -0.0812. The van der Waals surface area contributed by atoms with E-state index >= 15 is 0 Å². The Morgan fingerprint density at radius 3 is 2.09 bits per heavy atom. The molecule has 6 heteroatoms. The quantitative estimate of drug-likeness (QED) is 0.677. The molecule has 0 radical (unpaired) electrons. The molecule has 3 aliphatic rings. The molecule has 32 heavy (non-hydrogen) atoms. The van der Waals surface area contributed by atoms with Crippen molar-refractivity contribution in [1.29, 1.82) is 0 Å². The number of rotatable bonds is 6. The van der Waals surface area contributed by atoms with Gasteiger partial charge in [0.2, 0.25) is 0 Å². The molecular formula is C26H39NO5. The number of fused-ring (bicyclic) bond motifs is 2. The fraction of sp³-hybridized carbons (Fsp3) is 0.731. The number of hydrogen-bond donors (Lipinski definition) is 1. The number of ether oxygens (including phenoxy) is 3. The van der Waals surface area contributed by atoms with E-state index in [1.807, 2.05) is 49.9 Å². The maximum atomic E-state index is 12.6. The van der Waals surface area contributed by atoms with Gasteiger partial charge >= 0.3 is 6.09 Å². The molecule has 1 N–H and O–H groups in total. The Hall–Kier alpha value is -1.79. The maximum absolute atomic E-state index is 12.6. The highest BCUT2D eigenvalue weighted by molar-refractivity contribution is 5.69. The summed E-state index contributed by atoms with van der Waals surface area (Å²) in [6.07, 6.45) is 9.31. The number of hydrogen-bond acceptors (Lipinski definition) is 5.